The van der Waals surface area contributed by atoms with Crippen molar-refractivity contribution in [2.75, 3.05) is 6.61 Å². The Balaban J connectivity index is 2.00. The topological polar surface area (TPSA) is 116 Å². The van der Waals surface area contributed by atoms with E-state index in [1.807, 2.05) is 0 Å². The maximum Gasteiger partial charge on any atom is 0.417 e. The Labute approximate surface area is 111 Å². The second-order valence-electron chi connectivity index (χ2n) is 3.78. The molecule has 0 fully saturated rings. The lowest BCUT2D eigenvalue weighted by Gasteiger charge is -2.04. The molecule has 0 spiro atoms. The molecule has 1 aromatic heterocycles. The van der Waals surface area contributed by atoms with Crippen LogP contribution in [0.1, 0.15) is 6.92 Å². The average Bonchev–Trinajstić information content (AvgIpc) is 2.75. The van der Waals surface area contributed by atoms with Crippen molar-refractivity contribution >= 4 is 28.8 Å². The van der Waals surface area contributed by atoms with E-state index < -0.39 is 30.1 Å². The number of nitrogens with one attached hydrogen (secondary N) is 1. The fourth-order valence-corrected chi connectivity index (χ4v) is 1.38. The predicted octanol–water partition coefficient (Wildman–Crippen LogP) is 0.159. The zero-order valence-corrected chi connectivity index (χ0v) is 10.3. The lowest BCUT2D eigenvalue weighted by atomic mass is 10.3. The van der Waals surface area contributed by atoms with Crippen LogP contribution < -0.4 is 10.5 Å². The number of oxazole rings is 1. The Morgan fingerprint density at radius 2 is 2.05 bits per heavy atom. The van der Waals surface area contributed by atoms with Gasteiger partial charge in [0.15, 0.2) is 12.2 Å². The van der Waals surface area contributed by atoms with E-state index in [1.54, 1.807) is 0 Å². The zero-order chi connectivity index (χ0) is 14.7. The van der Waals surface area contributed by atoms with Crippen molar-refractivity contribution in [3.8, 4) is 5.75 Å². The number of ketones is 1. The number of carbonyl (C=O) groups excluding carboxylic acids is 3. The van der Waals surface area contributed by atoms with Gasteiger partial charge in [-0.25, -0.2) is 14.4 Å². The van der Waals surface area contributed by atoms with Gasteiger partial charge in [0.25, 0.3) is 0 Å². The van der Waals surface area contributed by atoms with E-state index in [9.17, 15) is 19.2 Å². The van der Waals surface area contributed by atoms with Crippen molar-refractivity contribution < 1.29 is 28.3 Å². The highest BCUT2D eigenvalue weighted by Gasteiger charge is 2.13. The molecule has 0 aliphatic carbocycles. The highest BCUT2D eigenvalue weighted by molar-refractivity contribution is 6.32. The van der Waals surface area contributed by atoms with Crippen LogP contribution in [-0.4, -0.2) is 29.3 Å². The molecule has 0 saturated heterocycles. The Bertz CT molecular complexity index is 740. The molecule has 0 aliphatic heterocycles. The van der Waals surface area contributed by atoms with Gasteiger partial charge in [-0.15, -0.1) is 0 Å². The average molecular weight is 279 g/mol. The lowest BCUT2D eigenvalue weighted by molar-refractivity contribution is -0.158. The molecule has 2 rings (SSSR count). The Hall–Kier alpha value is -2.90. The van der Waals surface area contributed by atoms with Crippen LogP contribution in [0.4, 0.5) is 0 Å². The SMILES string of the molecule is CC(=O)C(=O)OCC(=O)Oc1ccc2[nH]c(=O)oc2c1. The number of hydrogen-bond acceptors (Lipinski definition) is 7. The summed E-state index contributed by atoms with van der Waals surface area (Å²) < 4.78 is 14.0. The molecule has 0 aliphatic rings. The van der Waals surface area contributed by atoms with E-state index in [-0.39, 0.29) is 11.3 Å². The molecule has 0 unspecified atom stereocenters. The Kier molecular flexibility index (Phi) is 3.65. The number of aromatic nitrogens is 1. The van der Waals surface area contributed by atoms with Crippen molar-refractivity contribution in [1.82, 2.24) is 4.98 Å². The van der Waals surface area contributed by atoms with E-state index in [4.69, 9.17) is 9.15 Å². The fraction of sp³-hybridized carbons (Fsp3) is 0.167. The van der Waals surface area contributed by atoms with Crippen molar-refractivity contribution in [3.05, 3.63) is 28.7 Å². The summed E-state index contributed by atoms with van der Waals surface area (Å²) in [5.41, 5.74) is 0.679. The second kappa shape index (κ2) is 5.39. The number of carbonyl (C=O) groups is 3. The van der Waals surface area contributed by atoms with Crippen molar-refractivity contribution in [1.29, 1.82) is 0 Å². The molecule has 8 nitrogen and oxygen atoms in total. The fourth-order valence-electron chi connectivity index (χ4n) is 1.38. The third kappa shape index (κ3) is 3.10. The molecule has 0 saturated carbocycles. The van der Waals surface area contributed by atoms with Crippen LogP contribution in [0.2, 0.25) is 0 Å². The number of H-pyrrole nitrogens is 1. The first-order valence-electron chi connectivity index (χ1n) is 5.47. The number of rotatable bonds is 4. The molecule has 2 aromatic rings. The first kappa shape index (κ1) is 13.5. The van der Waals surface area contributed by atoms with E-state index in [1.165, 1.54) is 18.2 Å². The number of hydrogen-bond donors (Lipinski definition) is 1. The van der Waals surface area contributed by atoms with Crippen LogP contribution in [0.15, 0.2) is 27.4 Å². The highest BCUT2D eigenvalue weighted by atomic mass is 16.6. The second-order valence-corrected chi connectivity index (χ2v) is 3.78. The molecule has 1 heterocycles. The summed E-state index contributed by atoms with van der Waals surface area (Å²) in [5, 5.41) is 0. The van der Waals surface area contributed by atoms with E-state index in [0.717, 1.165) is 6.92 Å². The standard InChI is InChI=1S/C12H9NO7/c1-6(14)11(16)18-5-10(15)19-7-2-3-8-9(4-7)20-12(17)13-8/h2-4H,5H2,1H3,(H,13,17). The van der Waals surface area contributed by atoms with Gasteiger partial charge in [0.1, 0.15) is 5.75 Å². The summed E-state index contributed by atoms with van der Waals surface area (Å²) in [4.78, 5) is 46.2. The maximum absolute atomic E-state index is 11.4. The number of esters is 2. The van der Waals surface area contributed by atoms with Crippen molar-refractivity contribution in [2.45, 2.75) is 6.92 Å². The Morgan fingerprint density at radius 3 is 2.75 bits per heavy atom. The van der Waals surface area contributed by atoms with Gasteiger partial charge in [0, 0.05) is 13.0 Å². The molecule has 0 radical (unpaired) electrons. The molecule has 0 amide bonds. The minimum atomic E-state index is -1.12. The van der Waals surface area contributed by atoms with Crippen LogP contribution in [0.5, 0.6) is 5.75 Å². The summed E-state index contributed by atoms with van der Waals surface area (Å²) >= 11 is 0. The summed E-state index contributed by atoms with van der Waals surface area (Å²) in [6.45, 7) is 0.336. The number of benzene rings is 1. The first-order chi connectivity index (χ1) is 9.45. The predicted molar refractivity (Wildman–Crippen MR) is 64.1 cm³/mol. The molecule has 0 atom stereocenters. The number of aromatic amines is 1. The third-order valence-corrected chi connectivity index (χ3v) is 2.23. The monoisotopic (exact) mass is 279 g/mol. The molecular formula is C12H9NO7. The van der Waals surface area contributed by atoms with E-state index in [2.05, 4.69) is 9.72 Å². The largest absolute Gasteiger partial charge is 0.448 e. The van der Waals surface area contributed by atoms with Gasteiger partial charge in [0.05, 0.1) is 5.52 Å². The highest BCUT2D eigenvalue weighted by Crippen LogP contribution is 2.18. The van der Waals surface area contributed by atoms with Gasteiger partial charge < -0.3 is 13.9 Å². The van der Waals surface area contributed by atoms with Crippen LogP contribution in [0.3, 0.4) is 0 Å². The molecule has 0 bridgehead atoms. The molecule has 1 aromatic carbocycles. The minimum absolute atomic E-state index is 0.115. The molecular weight excluding hydrogens is 270 g/mol. The minimum Gasteiger partial charge on any atom is -0.448 e. The van der Waals surface area contributed by atoms with Gasteiger partial charge >= 0.3 is 17.7 Å². The van der Waals surface area contributed by atoms with Gasteiger partial charge in [-0.2, -0.15) is 0 Å². The van der Waals surface area contributed by atoms with Crippen LogP contribution >= 0.6 is 0 Å². The van der Waals surface area contributed by atoms with Gasteiger partial charge in [0.2, 0.25) is 5.78 Å². The van der Waals surface area contributed by atoms with Crippen LogP contribution in [-0.2, 0) is 19.1 Å². The maximum atomic E-state index is 11.4. The lowest BCUT2D eigenvalue weighted by Crippen LogP contribution is -2.22. The molecule has 8 heteroatoms. The summed E-state index contributed by atoms with van der Waals surface area (Å²) in [5.74, 6) is -3.30. The van der Waals surface area contributed by atoms with E-state index in [0.29, 0.717) is 5.52 Å². The summed E-state index contributed by atoms with van der Waals surface area (Å²) in [6.07, 6.45) is 0. The normalized spacial score (nSPS) is 10.2. The van der Waals surface area contributed by atoms with E-state index >= 15 is 0 Å². The molecule has 104 valence electrons. The summed E-state index contributed by atoms with van der Waals surface area (Å²) in [7, 11) is 0. The first-order valence-corrected chi connectivity index (χ1v) is 5.47. The van der Waals surface area contributed by atoms with Gasteiger partial charge in [-0.3, -0.25) is 9.78 Å². The quantitative estimate of drug-likeness (QED) is 0.481. The van der Waals surface area contributed by atoms with Crippen molar-refractivity contribution in [2.24, 2.45) is 0 Å². The Morgan fingerprint density at radius 1 is 1.30 bits per heavy atom. The van der Waals surface area contributed by atoms with Crippen LogP contribution in [0, 0.1) is 0 Å². The smallest absolute Gasteiger partial charge is 0.417 e. The molecule has 1 N–H and O–H groups in total. The molecule has 20 heavy (non-hydrogen) atoms. The summed E-state index contributed by atoms with van der Waals surface area (Å²) in [6, 6.07) is 4.25. The van der Waals surface area contributed by atoms with Gasteiger partial charge in [-0.05, 0) is 12.1 Å². The zero-order valence-electron chi connectivity index (χ0n) is 10.3. The number of fused-ring (bicyclic) bond motifs is 1. The van der Waals surface area contributed by atoms with Gasteiger partial charge in [-0.1, -0.05) is 0 Å². The van der Waals surface area contributed by atoms with Crippen LogP contribution in [0.25, 0.3) is 11.1 Å². The third-order valence-electron chi connectivity index (χ3n) is 2.23. The number of ether oxygens (including phenoxy) is 2. The number of Topliss-reactive ketones (excluding diaryl/α,β-unsaturated/α-hetero) is 1. The van der Waals surface area contributed by atoms with Crippen molar-refractivity contribution in [3.63, 3.8) is 0 Å².